The van der Waals surface area contributed by atoms with Crippen LogP contribution >= 0.6 is 0 Å². The summed E-state index contributed by atoms with van der Waals surface area (Å²) >= 11 is 0. The van der Waals surface area contributed by atoms with Crippen LogP contribution in [0, 0.1) is 16.7 Å². The normalized spacial score (nSPS) is 15.9. The molecule has 0 radical (unpaired) electrons. The van der Waals surface area contributed by atoms with Gasteiger partial charge in [-0.25, -0.2) is 0 Å². The highest BCUT2D eigenvalue weighted by atomic mass is 14.4. The summed E-state index contributed by atoms with van der Waals surface area (Å²) in [5.41, 5.74) is 1.01. The van der Waals surface area contributed by atoms with E-state index in [1.165, 1.54) is 19.3 Å². The maximum Gasteiger partial charge on any atom is -0.0300 e. The molecule has 13 heavy (non-hydrogen) atoms. The van der Waals surface area contributed by atoms with E-state index in [0.717, 1.165) is 5.92 Å². The molecule has 0 bridgehead atoms. The van der Waals surface area contributed by atoms with Gasteiger partial charge in [0.1, 0.15) is 0 Å². The van der Waals surface area contributed by atoms with E-state index in [0.29, 0.717) is 10.8 Å². The first kappa shape index (κ1) is 13.0. The summed E-state index contributed by atoms with van der Waals surface area (Å²) in [6.07, 6.45) is 3.88. The first-order valence-electron chi connectivity index (χ1n) is 5.84. The number of hydrogen-bond acceptors (Lipinski definition) is 0. The van der Waals surface area contributed by atoms with Gasteiger partial charge in [0.2, 0.25) is 0 Å². The van der Waals surface area contributed by atoms with Gasteiger partial charge >= 0.3 is 0 Å². The van der Waals surface area contributed by atoms with Crippen molar-refractivity contribution in [2.45, 2.75) is 67.7 Å². The zero-order chi connectivity index (χ0) is 10.7. The average Bonchev–Trinajstić information content (AvgIpc) is 2.15. The molecule has 0 N–H and O–H groups in total. The van der Waals surface area contributed by atoms with Crippen LogP contribution in [0.3, 0.4) is 0 Å². The Morgan fingerprint density at radius 2 is 1.23 bits per heavy atom. The van der Waals surface area contributed by atoms with Gasteiger partial charge in [-0.1, -0.05) is 67.7 Å². The minimum absolute atomic E-state index is 0.487. The van der Waals surface area contributed by atoms with E-state index >= 15 is 0 Å². The summed E-state index contributed by atoms with van der Waals surface area (Å²) < 4.78 is 0. The molecule has 0 aromatic heterocycles. The van der Waals surface area contributed by atoms with Crippen molar-refractivity contribution in [1.82, 2.24) is 0 Å². The molecule has 0 aromatic rings. The van der Waals surface area contributed by atoms with Gasteiger partial charge in [0.05, 0.1) is 0 Å². The molecular formula is C13H28. The van der Waals surface area contributed by atoms with Crippen molar-refractivity contribution in [3.05, 3.63) is 0 Å². The average molecular weight is 184 g/mol. The molecule has 0 spiro atoms. The maximum atomic E-state index is 2.44. The van der Waals surface area contributed by atoms with E-state index in [-0.39, 0.29) is 0 Å². The van der Waals surface area contributed by atoms with Gasteiger partial charge in [-0.15, -0.1) is 0 Å². The fourth-order valence-electron chi connectivity index (χ4n) is 2.11. The Kier molecular flexibility index (Phi) is 4.48. The highest BCUT2D eigenvalue weighted by Gasteiger charge is 2.36. The lowest BCUT2D eigenvalue weighted by molar-refractivity contribution is 0.0620. The van der Waals surface area contributed by atoms with Crippen LogP contribution in [0.4, 0.5) is 0 Å². The molecule has 0 fully saturated rings. The van der Waals surface area contributed by atoms with E-state index in [9.17, 15) is 0 Å². The van der Waals surface area contributed by atoms with Crippen LogP contribution in [-0.2, 0) is 0 Å². The summed E-state index contributed by atoms with van der Waals surface area (Å²) in [5, 5.41) is 0. The molecule has 0 saturated carbocycles. The molecule has 1 atom stereocenters. The third-order valence-corrected chi connectivity index (χ3v) is 4.74. The molecular weight excluding hydrogens is 156 g/mol. The second kappa shape index (κ2) is 4.48. The largest absolute Gasteiger partial charge is 0.0649 e. The van der Waals surface area contributed by atoms with E-state index < -0.39 is 0 Å². The van der Waals surface area contributed by atoms with Crippen LogP contribution in [0.5, 0.6) is 0 Å². The standard InChI is InChI=1S/C13H28/c1-8-12(5,6)11(4)13(7,9-2)10-3/h11H,8-10H2,1-7H3. The van der Waals surface area contributed by atoms with Gasteiger partial charge in [-0.2, -0.15) is 0 Å². The summed E-state index contributed by atoms with van der Waals surface area (Å²) in [6.45, 7) is 16.6. The number of hydrogen-bond donors (Lipinski definition) is 0. The van der Waals surface area contributed by atoms with E-state index in [2.05, 4.69) is 48.5 Å². The molecule has 0 rings (SSSR count). The van der Waals surface area contributed by atoms with Gasteiger partial charge < -0.3 is 0 Å². The Labute approximate surface area is 85.1 Å². The Hall–Kier alpha value is 0. The molecule has 1 unspecified atom stereocenters. The van der Waals surface area contributed by atoms with E-state index in [1.54, 1.807) is 0 Å². The maximum absolute atomic E-state index is 2.44. The number of rotatable bonds is 5. The van der Waals surface area contributed by atoms with Crippen molar-refractivity contribution in [1.29, 1.82) is 0 Å². The predicted molar refractivity (Wildman–Crippen MR) is 61.9 cm³/mol. The molecule has 0 aliphatic carbocycles. The highest BCUT2D eigenvalue weighted by Crippen LogP contribution is 2.46. The molecule has 0 nitrogen and oxygen atoms in total. The van der Waals surface area contributed by atoms with Crippen molar-refractivity contribution in [2.75, 3.05) is 0 Å². The van der Waals surface area contributed by atoms with Crippen molar-refractivity contribution >= 4 is 0 Å². The fraction of sp³-hybridized carbons (Fsp3) is 1.00. The minimum Gasteiger partial charge on any atom is -0.0649 e. The first-order chi connectivity index (χ1) is 5.84. The fourth-order valence-corrected chi connectivity index (χ4v) is 2.11. The Balaban J connectivity index is 4.64. The SMILES string of the molecule is CCC(C)(C)C(C)C(C)(CC)CC. The second-order valence-electron chi connectivity index (χ2n) is 5.42. The van der Waals surface area contributed by atoms with Gasteiger partial charge in [-0.3, -0.25) is 0 Å². The first-order valence-corrected chi connectivity index (χ1v) is 5.84. The minimum atomic E-state index is 0.487. The van der Waals surface area contributed by atoms with Crippen LogP contribution < -0.4 is 0 Å². The van der Waals surface area contributed by atoms with Gasteiger partial charge in [0.15, 0.2) is 0 Å². The lowest BCUT2D eigenvalue weighted by Crippen LogP contribution is -2.35. The van der Waals surface area contributed by atoms with Crippen LogP contribution in [0.2, 0.25) is 0 Å². The van der Waals surface area contributed by atoms with Crippen molar-refractivity contribution in [3.8, 4) is 0 Å². The summed E-state index contributed by atoms with van der Waals surface area (Å²) in [4.78, 5) is 0. The quantitative estimate of drug-likeness (QED) is 0.571. The van der Waals surface area contributed by atoms with Crippen molar-refractivity contribution in [3.63, 3.8) is 0 Å². The lowest BCUT2D eigenvalue weighted by Gasteiger charge is -2.44. The van der Waals surface area contributed by atoms with E-state index in [1.807, 2.05) is 0 Å². The third kappa shape index (κ3) is 2.72. The van der Waals surface area contributed by atoms with Crippen molar-refractivity contribution < 1.29 is 0 Å². The van der Waals surface area contributed by atoms with E-state index in [4.69, 9.17) is 0 Å². The van der Waals surface area contributed by atoms with Gasteiger partial charge in [-0.05, 0) is 16.7 Å². The zero-order valence-corrected chi connectivity index (χ0v) is 10.7. The zero-order valence-electron chi connectivity index (χ0n) is 10.7. The molecule has 0 heteroatoms. The highest BCUT2D eigenvalue weighted by molar-refractivity contribution is 4.86. The molecule has 0 heterocycles. The third-order valence-electron chi connectivity index (χ3n) is 4.74. The lowest BCUT2D eigenvalue weighted by atomic mass is 9.62. The van der Waals surface area contributed by atoms with Crippen LogP contribution in [0.1, 0.15) is 67.7 Å². The monoisotopic (exact) mass is 184 g/mol. The van der Waals surface area contributed by atoms with Crippen molar-refractivity contribution in [2.24, 2.45) is 16.7 Å². The topological polar surface area (TPSA) is 0 Å². The predicted octanol–water partition coefficient (Wildman–Crippen LogP) is 4.89. The molecule has 0 amide bonds. The summed E-state index contributed by atoms with van der Waals surface area (Å²) in [7, 11) is 0. The van der Waals surface area contributed by atoms with Crippen LogP contribution in [0.25, 0.3) is 0 Å². The Bertz CT molecular complexity index is 140. The molecule has 0 saturated heterocycles. The summed E-state index contributed by atoms with van der Waals surface area (Å²) in [6, 6.07) is 0. The van der Waals surface area contributed by atoms with Gasteiger partial charge in [0, 0.05) is 0 Å². The van der Waals surface area contributed by atoms with Gasteiger partial charge in [0.25, 0.3) is 0 Å². The molecule has 0 aromatic carbocycles. The molecule has 80 valence electrons. The van der Waals surface area contributed by atoms with Crippen LogP contribution in [0.15, 0.2) is 0 Å². The molecule has 0 aliphatic heterocycles. The molecule has 0 aliphatic rings. The van der Waals surface area contributed by atoms with Crippen LogP contribution in [-0.4, -0.2) is 0 Å². The second-order valence-corrected chi connectivity index (χ2v) is 5.42. The Morgan fingerprint density at radius 3 is 1.46 bits per heavy atom. The summed E-state index contributed by atoms with van der Waals surface area (Å²) in [5.74, 6) is 0.806. The Morgan fingerprint density at radius 1 is 0.846 bits per heavy atom. The smallest absolute Gasteiger partial charge is 0.0300 e.